The van der Waals surface area contributed by atoms with Crippen molar-refractivity contribution in [2.24, 2.45) is 5.92 Å². The molecule has 1 aromatic carbocycles. The summed E-state index contributed by atoms with van der Waals surface area (Å²) in [5.41, 5.74) is -0.297. The van der Waals surface area contributed by atoms with E-state index in [9.17, 15) is 14.9 Å². The van der Waals surface area contributed by atoms with Crippen LogP contribution in [0.2, 0.25) is 0 Å². The lowest BCUT2D eigenvalue weighted by Gasteiger charge is -2.37. The first kappa shape index (κ1) is 21.3. The van der Waals surface area contributed by atoms with E-state index in [-0.39, 0.29) is 11.8 Å². The molecular formula is C23H32N4O2. The van der Waals surface area contributed by atoms with Crippen LogP contribution in [0.5, 0.6) is 0 Å². The van der Waals surface area contributed by atoms with E-state index in [0.717, 1.165) is 25.9 Å². The number of piperidine rings is 1. The average Bonchev–Trinajstić information content (AvgIpc) is 2.76. The quantitative estimate of drug-likeness (QED) is 0.774. The van der Waals surface area contributed by atoms with Crippen molar-refractivity contribution < 1.29 is 9.59 Å². The maximum Gasteiger partial charge on any atom is 0.251 e. The van der Waals surface area contributed by atoms with E-state index in [4.69, 9.17) is 0 Å². The Hall–Kier alpha value is -2.39. The Morgan fingerprint density at radius 3 is 2.45 bits per heavy atom. The number of amides is 2. The molecule has 1 saturated carbocycles. The number of nitrogens with zero attached hydrogens (tertiary/aromatic N) is 2. The third kappa shape index (κ3) is 5.80. The molecule has 2 amide bonds. The Kier molecular flexibility index (Phi) is 7.27. The molecule has 2 aliphatic rings. The van der Waals surface area contributed by atoms with Gasteiger partial charge < -0.3 is 15.5 Å². The van der Waals surface area contributed by atoms with Gasteiger partial charge in [-0.25, -0.2) is 0 Å². The average molecular weight is 397 g/mol. The van der Waals surface area contributed by atoms with Crippen molar-refractivity contribution in [2.45, 2.75) is 62.9 Å². The fraction of sp³-hybridized carbons (Fsp3) is 0.609. The van der Waals surface area contributed by atoms with Crippen LogP contribution in [0.25, 0.3) is 0 Å². The number of benzene rings is 1. The maximum atomic E-state index is 13.2. The molecule has 1 aromatic rings. The molecule has 0 aromatic heterocycles. The number of carbonyl (C=O) groups is 2. The van der Waals surface area contributed by atoms with E-state index in [1.165, 1.54) is 19.3 Å². The van der Waals surface area contributed by atoms with Gasteiger partial charge in [0.25, 0.3) is 5.91 Å². The second kappa shape index (κ2) is 9.89. The molecule has 2 fully saturated rings. The zero-order chi connectivity index (χ0) is 20.7. The Balaban J connectivity index is 1.71. The van der Waals surface area contributed by atoms with Gasteiger partial charge >= 0.3 is 0 Å². The molecule has 2 N–H and O–H groups in total. The second-order valence-electron chi connectivity index (χ2n) is 8.62. The van der Waals surface area contributed by atoms with Crippen molar-refractivity contribution in [1.82, 2.24) is 15.5 Å². The smallest absolute Gasteiger partial charge is 0.251 e. The van der Waals surface area contributed by atoms with Crippen molar-refractivity contribution in [1.29, 1.82) is 5.26 Å². The van der Waals surface area contributed by atoms with Crippen LogP contribution < -0.4 is 10.6 Å². The molecule has 1 heterocycles. The predicted molar refractivity (Wildman–Crippen MR) is 112 cm³/mol. The minimum atomic E-state index is -0.841. The highest BCUT2D eigenvalue weighted by molar-refractivity contribution is 5.97. The molecule has 3 rings (SSSR count). The van der Waals surface area contributed by atoms with Crippen molar-refractivity contribution in [3.63, 3.8) is 0 Å². The van der Waals surface area contributed by atoms with Gasteiger partial charge in [0.2, 0.25) is 5.91 Å². The fourth-order valence-corrected chi connectivity index (χ4v) is 4.41. The van der Waals surface area contributed by atoms with Gasteiger partial charge in [0.15, 0.2) is 0 Å². The SMILES string of the molecule is CN1CCC(C#N)(NC(=O)C(CC2CCCCC2)NC(=O)c2ccccc2)CC1. The van der Waals surface area contributed by atoms with Crippen LogP contribution in [0.15, 0.2) is 30.3 Å². The first-order chi connectivity index (χ1) is 14.0. The van der Waals surface area contributed by atoms with Gasteiger partial charge in [0.1, 0.15) is 11.6 Å². The maximum absolute atomic E-state index is 13.2. The molecule has 1 unspecified atom stereocenters. The van der Waals surface area contributed by atoms with Crippen LogP contribution >= 0.6 is 0 Å². The first-order valence-corrected chi connectivity index (χ1v) is 10.8. The third-order valence-corrected chi connectivity index (χ3v) is 6.37. The summed E-state index contributed by atoms with van der Waals surface area (Å²) in [7, 11) is 2.02. The van der Waals surface area contributed by atoms with Crippen molar-refractivity contribution >= 4 is 11.8 Å². The van der Waals surface area contributed by atoms with Gasteiger partial charge in [0, 0.05) is 18.7 Å². The fourth-order valence-electron chi connectivity index (χ4n) is 4.41. The molecule has 1 aliphatic heterocycles. The summed E-state index contributed by atoms with van der Waals surface area (Å²) in [5.74, 6) is -0.0343. The summed E-state index contributed by atoms with van der Waals surface area (Å²) in [6, 6.07) is 10.7. The summed E-state index contributed by atoms with van der Waals surface area (Å²) >= 11 is 0. The lowest BCUT2D eigenvalue weighted by atomic mass is 9.84. The molecule has 0 spiro atoms. The van der Waals surface area contributed by atoms with E-state index in [1.807, 2.05) is 25.2 Å². The summed E-state index contributed by atoms with van der Waals surface area (Å²) < 4.78 is 0. The highest BCUT2D eigenvalue weighted by atomic mass is 16.2. The topological polar surface area (TPSA) is 85.2 Å². The largest absolute Gasteiger partial charge is 0.340 e. The van der Waals surface area contributed by atoms with Gasteiger partial charge in [0.05, 0.1) is 6.07 Å². The normalized spacial score (nSPS) is 21.0. The van der Waals surface area contributed by atoms with Crippen LogP contribution in [-0.2, 0) is 4.79 Å². The van der Waals surface area contributed by atoms with E-state index in [0.29, 0.717) is 30.7 Å². The summed E-state index contributed by atoms with van der Waals surface area (Å²) in [4.78, 5) is 28.1. The molecule has 6 nitrogen and oxygen atoms in total. The minimum absolute atomic E-state index is 0.231. The number of rotatable bonds is 6. The number of hydrogen-bond donors (Lipinski definition) is 2. The van der Waals surface area contributed by atoms with Gasteiger partial charge in [-0.15, -0.1) is 0 Å². The van der Waals surface area contributed by atoms with Crippen molar-refractivity contribution in [3.05, 3.63) is 35.9 Å². The highest BCUT2D eigenvalue weighted by Gasteiger charge is 2.38. The standard InChI is InChI=1S/C23H32N4O2/c1-27-14-12-23(17-24,13-15-27)26-22(29)20(16-18-8-4-2-5-9-18)25-21(28)19-10-6-3-7-11-19/h3,6-7,10-11,18,20H,2,4-5,8-9,12-16H2,1H3,(H,25,28)(H,26,29). The van der Waals surface area contributed by atoms with E-state index < -0.39 is 11.6 Å². The Morgan fingerprint density at radius 1 is 1.17 bits per heavy atom. The number of likely N-dealkylation sites (tertiary alicyclic amines) is 1. The van der Waals surface area contributed by atoms with Crippen LogP contribution in [0.1, 0.15) is 61.7 Å². The Bertz CT molecular complexity index is 729. The summed E-state index contributed by atoms with van der Waals surface area (Å²) in [6.45, 7) is 1.55. The van der Waals surface area contributed by atoms with E-state index in [1.54, 1.807) is 12.1 Å². The van der Waals surface area contributed by atoms with Crippen LogP contribution in [0.3, 0.4) is 0 Å². The highest BCUT2D eigenvalue weighted by Crippen LogP contribution is 2.28. The second-order valence-corrected chi connectivity index (χ2v) is 8.62. The summed E-state index contributed by atoms with van der Waals surface area (Å²) in [5, 5.41) is 15.7. The molecule has 1 atom stereocenters. The van der Waals surface area contributed by atoms with Crippen molar-refractivity contribution in [3.8, 4) is 6.07 Å². The number of carbonyl (C=O) groups excluding carboxylic acids is 2. The van der Waals surface area contributed by atoms with Crippen LogP contribution in [-0.4, -0.2) is 48.4 Å². The minimum Gasteiger partial charge on any atom is -0.340 e. The summed E-state index contributed by atoms with van der Waals surface area (Å²) in [6.07, 6.45) is 7.64. The molecular weight excluding hydrogens is 364 g/mol. The van der Waals surface area contributed by atoms with Gasteiger partial charge in [-0.05, 0) is 44.4 Å². The van der Waals surface area contributed by atoms with Crippen LogP contribution in [0.4, 0.5) is 0 Å². The van der Waals surface area contributed by atoms with E-state index in [2.05, 4.69) is 21.6 Å². The first-order valence-electron chi connectivity index (χ1n) is 10.8. The monoisotopic (exact) mass is 396 g/mol. The lowest BCUT2D eigenvalue weighted by molar-refractivity contribution is -0.125. The van der Waals surface area contributed by atoms with Crippen molar-refractivity contribution in [2.75, 3.05) is 20.1 Å². The zero-order valence-electron chi connectivity index (χ0n) is 17.3. The van der Waals surface area contributed by atoms with Crippen LogP contribution in [0, 0.1) is 17.2 Å². The molecule has 1 aliphatic carbocycles. The van der Waals surface area contributed by atoms with Gasteiger partial charge in [-0.1, -0.05) is 50.3 Å². The molecule has 0 bridgehead atoms. The van der Waals surface area contributed by atoms with Gasteiger partial charge in [-0.3, -0.25) is 9.59 Å². The number of nitriles is 1. The third-order valence-electron chi connectivity index (χ3n) is 6.37. The van der Waals surface area contributed by atoms with Gasteiger partial charge in [-0.2, -0.15) is 5.26 Å². The lowest BCUT2D eigenvalue weighted by Crippen LogP contribution is -2.58. The predicted octanol–water partition coefficient (Wildman–Crippen LogP) is 2.86. The molecule has 29 heavy (non-hydrogen) atoms. The Labute approximate surface area is 173 Å². The number of hydrogen-bond acceptors (Lipinski definition) is 4. The molecule has 1 saturated heterocycles. The van der Waals surface area contributed by atoms with E-state index >= 15 is 0 Å². The molecule has 0 radical (unpaired) electrons. The molecule has 156 valence electrons. The zero-order valence-corrected chi connectivity index (χ0v) is 17.3. The Morgan fingerprint density at radius 2 is 1.83 bits per heavy atom. The molecule has 6 heteroatoms. The number of nitrogens with one attached hydrogen (secondary N) is 2.